The molecule has 0 amide bonds. The first-order chi connectivity index (χ1) is 22.8. The predicted molar refractivity (Wildman–Crippen MR) is 189 cm³/mol. The normalized spacial score (nSPS) is 11.5. The molecule has 46 heavy (non-hydrogen) atoms. The third-order valence-electron chi connectivity index (χ3n) is 8.78. The van der Waals surface area contributed by atoms with Gasteiger partial charge in [-0.05, 0) is 49.3 Å². The van der Waals surface area contributed by atoms with E-state index in [1.165, 1.54) is 26.9 Å². The van der Waals surface area contributed by atoms with Gasteiger partial charge in [0.1, 0.15) is 0 Å². The van der Waals surface area contributed by atoms with Crippen molar-refractivity contribution < 1.29 is 0 Å². The van der Waals surface area contributed by atoms with Gasteiger partial charge < -0.3 is 0 Å². The second-order valence-corrected chi connectivity index (χ2v) is 11.5. The van der Waals surface area contributed by atoms with Gasteiger partial charge in [-0.25, -0.2) is 15.0 Å². The minimum atomic E-state index is 0.633. The van der Waals surface area contributed by atoms with Crippen LogP contribution in [0.1, 0.15) is 0 Å². The van der Waals surface area contributed by atoms with Crippen molar-refractivity contribution in [2.75, 3.05) is 0 Å². The Morgan fingerprint density at radius 3 is 1.67 bits per heavy atom. The summed E-state index contributed by atoms with van der Waals surface area (Å²) in [6.07, 6.45) is 3.84. The van der Waals surface area contributed by atoms with E-state index in [1.807, 2.05) is 48.8 Å². The zero-order valence-corrected chi connectivity index (χ0v) is 24.8. The highest BCUT2D eigenvalue weighted by Crippen LogP contribution is 2.38. The number of fused-ring (bicyclic) bond motifs is 6. The summed E-state index contributed by atoms with van der Waals surface area (Å²) in [5, 5.41) is 9.46. The average molecular weight is 587 g/mol. The molecule has 2 aromatic heterocycles. The van der Waals surface area contributed by atoms with Crippen LogP contribution in [0.25, 0.3) is 88.4 Å². The highest BCUT2D eigenvalue weighted by molar-refractivity contribution is 6.23. The van der Waals surface area contributed by atoms with Gasteiger partial charge in [0.25, 0.3) is 0 Å². The zero-order valence-electron chi connectivity index (χ0n) is 24.8. The van der Waals surface area contributed by atoms with Gasteiger partial charge in [-0.2, -0.15) is 0 Å². The van der Waals surface area contributed by atoms with E-state index in [0.29, 0.717) is 17.5 Å². The topological polar surface area (TPSA) is 51.6 Å². The van der Waals surface area contributed by atoms with Gasteiger partial charge in [-0.1, -0.05) is 140 Å². The first-order valence-corrected chi connectivity index (χ1v) is 15.4. The lowest BCUT2D eigenvalue weighted by Gasteiger charge is -2.14. The van der Waals surface area contributed by atoms with Crippen molar-refractivity contribution >= 4 is 43.1 Å². The van der Waals surface area contributed by atoms with E-state index in [-0.39, 0.29) is 0 Å². The Bertz CT molecular complexity index is 2570. The van der Waals surface area contributed by atoms with Gasteiger partial charge >= 0.3 is 0 Å². The number of benzene rings is 7. The largest absolute Gasteiger partial charge is 0.263 e. The molecule has 2 heterocycles. The first kappa shape index (κ1) is 26.2. The smallest absolute Gasteiger partial charge is 0.164 e. The van der Waals surface area contributed by atoms with Crippen molar-refractivity contribution in [3.63, 3.8) is 0 Å². The third-order valence-corrected chi connectivity index (χ3v) is 8.78. The van der Waals surface area contributed by atoms with E-state index in [9.17, 15) is 0 Å². The number of hydrogen-bond donors (Lipinski definition) is 0. The first-order valence-electron chi connectivity index (χ1n) is 15.4. The van der Waals surface area contributed by atoms with Crippen LogP contribution in [0.15, 0.2) is 158 Å². The summed E-state index contributed by atoms with van der Waals surface area (Å²) in [5.74, 6) is 1.93. The standard InChI is InChI=1S/C42H26N4/c1-2-11-29(12-3-1)40-44-41(30-21-18-28(19-22-30)38-26-43-25-32-13-5-6-14-33(32)38)46-42(45-40)37-24-31-23-20-27-10-4-7-15-34(27)39(31)36-17-9-8-16-35(36)37/h1-26H. The van der Waals surface area contributed by atoms with Crippen molar-refractivity contribution in [3.8, 4) is 45.3 Å². The Labute approximate surface area is 265 Å². The van der Waals surface area contributed by atoms with Crippen molar-refractivity contribution in [3.05, 3.63) is 158 Å². The molecule has 0 aliphatic rings. The van der Waals surface area contributed by atoms with Gasteiger partial charge in [0, 0.05) is 40.0 Å². The molecule has 0 N–H and O–H groups in total. The van der Waals surface area contributed by atoms with E-state index < -0.39 is 0 Å². The molecule has 0 radical (unpaired) electrons. The molecule has 214 valence electrons. The number of nitrogens with zero attached hydrogens (tertiary/aromatic N) is 4. The third kappa shape index (κ3) is 4.39. The summed E-state index contributed by atoms with van der Waals surface area (Å²) < 4.78 is 0. The van der Waals surface area contributed by atoms with Crippen LogP contribution in [-0.4, -0.2) is 19.9 Å². The maximum absolute atomic E-state index is 5.14. The van der Waals surface area contributed by atoms with Crippen LogP contribution in [0.4, 0.5) is 0 Å². The van der Waals surface area contributed by atoms with Gasteiger partial charge in [-0.3, -0.25) is 4.98 Å². The van der Waals surface area contributed by atoms with Crippen molar-refractivity contribution in [2.24, 2.45) is 0 Å². The maximum atomic E-state index is 5.14. The second kappa shape index (κ2) is 10.7. The Morgan fingerprint density at radius 2 is 0.891 bits per heavy atom. The molecule has 4 heteroatoms. The monoisotopic (exact) mass is 586 g/mol. The van der Waals surface area contributed by atoms with Crippen LogP contribution in [-0.2, 0) is 0 Å². The molecule has 0 saturated carbocycles. The summed E-state index contributed by atoms with van der Waals surface area (Å²) in [4.78, 5) is 19.7. The number of pyridine rings is 1. The van der Waals surface area contributed by atoms with Crippen LogP contribution < -0.4 is 0 Å². The molecular weight excluding hydrogens is 560 g/mol. The van der Waals surface area contributed by atoms with E-state index in [0.717, 1.165) is 44.0 Å². The summed E-state index contributed by atoms with van der Waals surface area (Å²) >= 11 is 0. The summed E-state index contributed by atoms with van der Waals surface area (Å²) in [5.41, 5.74) is 5.05. The number of hydrogen-bond acceptors (Lipinski definition) is 4. The van der Waals surface area contributed by atoms with Crippen LogP contribution in [0, 0.1) is 0 Å². The summed E-state index contributed by atoms with van der Waals surface area (Å²) in [6.45, 7) is 0. The second-order valence-electron chi connectivity index (χ2n) is 11.5. The highest BCUT2D eigenvalue weighted by Gasteiger charge is 2.17. The van der Waals surface area contributed by atoms with Crippen LogP contribution >= 0.6 is 0 Å². The highest BCUT2D eigenvalue weighted by atomic mass is 15.0. The van der Waals surface area contributed by atoms with Gasteiger partial charge in [-0.15, -0.1) is 0 Å². The fraction of sp³-hybridized carbons (Fsp3) is 0. The molecule has 4 nitrogen and oxygen atoms in total. The average Bonchev–Trinajstić information content (AvgIpc) is 3.14. The molecule has 0 bridgehead atoms. The molecule has 0 atom stereocenters. The summed E-state index contributed by atoms with van der Waals surface area (Å²) in [6, 6.07) is 50.7. The van der Waals surface area contributed by atoms with Gasteiger partial charge in [0.05, 0.1) is 0 Å². The molecule has 9 aromatic rings. The zero-order chi connectivity index (χ0) is 30.5. The molecule has 7 aromatic carbocycles. The number of aromatic nitrogens is 4. The molecule has 0 aliphatic carbocycles. The summed E-state index contributed by atoms with van der Waals surface area (Å²) in [7, 11) is 0. The van der Waals surface area contributed by atoms with Crippen molar-refractivity contribution in [1.82, 2.24) is 19.9 Å². The minimum Gasteiger partial charge on any atom is -0.263 e. The SMILES string of the molecule is c1ccc(-c2nc(-c3ccc(-c4cncc5ccccc45)cc3)nc(-c3cc4ccc5ccccc5c4c4ccccc34)n2)cc1. The van der Waals surface area contributed by atoms with E-state index in [4.69, 9.17) is 15.0 Å². The Morgan fingerprint density at radius 1 is 0.326 bits per heavy atom. The Balaban J connectivity index is 1.24. The van der Waals surface area contributed by atoms with E-state index in [1.54, 1.807) is 0 Å². The molecule has 9 rings (SSSR count). The van der Waals surface area contributed by atoms with Gasteiger partial charge in [0.15, 0.2) is 17.5 Å². The number of rotatable bonds is 4. The Kier molecular flexibility index (Phi) is 6.10. The quantitative estimate of drug-likeness (QED) is 0.193. The lowest BCUT2D eigenvalue weighted by atomic mass is 9.93. The molecule has 0 aliphatic heterocycles. The lowest BCUT2D eigenvalue weighted by molar-refractivity contribution is 1.08. The van der Waals surface area contributed by atoms with Crippen molar-refractivity contribution in [2.45, 2.75) is 0 Å². The molecule has 0 unspecified atom stereocenters. The van der Waals surface area contributed by atoms with Gasteiger partial charge in [0.2, 0.25) is 0 Å². The molecule has 0 fully saturated rings. The van der Waals surface area contributed by atoms with Crippen LogP contribution in [0.5, 0.6) is 0 Å². The van der Waals surface area contributed by atoms with Crippen LogP contribution in [0.2, 0.25) is 0 Å². The molecule has 0 spiro atoms. The minimum absolute atomic E-state index is 0.633. The molecule has 0 saturated heterocycles. The maximum Gasteiger partial charge on any atom is 0.164 e. The Hall–Kier alpha value is -6.26. The fourth-order valence-electron chi connectivity index (χ4n) is 6.55. The lowest BCUT2D eigenvalue weighted by Crippen LogP contribution is -2.01. The fourth-order valence-corrected chi connectivity index (χ4v) is 6.55. The van der Waals surface area contributed by atoms with E-state index in [2.05, 4.69) is 114 Å². The molecular formula is C42H26N4. The van der Waals surface area contributed by atoms with Crippen molar-refractivity contribution in [1.29, 1.82) is 0 Å². The van der Waals surface area contributed by atoms with Crippen LogP contribution in [0.3, 0.4) is 0 Å². The van der Waals surface area contributed by atoms with E-state index >= 15 is 0 Å². The predicted octanol–water partition coefficient (Wildman–Crippen LogP) is 10.5.